The van der Waals surface area contributed by atoms with E-state index in [0.29, 0.717) is 0 Å². The molecule has 0 N–H and O–H groups in total. The Bertz CT molecular complexity index is 4.14. The van der Waals surface area contributed by atoms with Gasteiger partial charge in [0, 0.05) is 196 Å². The molecule has 0 rings (SSSR count). The Labute approximate surface area is 197 Å². The third kappa shape index (κ3) is 32.5. The zero-order chi connectivity index (χ0) is 0. The third-order valence-electron chi connectivity index (χ3n) is 0. The number of hydrogen-bond donors (Lipinski definition) is 0. The Kier molecular flexibility index (Phi) is 275. The molecule has 0 aromatic heterocycles. The van der Waals surface area contributed by atoms with E-state index in [1.165, 1.54) is 0 Å². The van der Waals surface area contributed by atoms with Gasteiger partial charge in [-0.1, -0.05) is 0 Å². The van der Waals surface area contributed by atoms with Crippen LogP contribution in [0.2, 0.25) is 0 Å². The predicted octanol–water partition coefficient (Wildman–Crippen LogP) is 0.435. The molecule has 6 heteroatoms. The first-order valence-corrected chi connectivity index (χ1v) is 0. The Balaban J connectivity index is 0. The van der Waals surface area contributed by atoms with Crippen molar-refractivity contribution in [2.45, 2.75) is 0 Å². The summed E-state index contributed by atoms with van der Waals surface area (Å²) < 4.78 is 0. The van der Waals surface area contributed by atoms with Gasteiger partial charge in [-0.2, -0.15) is 0 Å². The molecule has 0 aliphatic rings. The van der Waals surface area contributed by atoms with Crippen molar-refractivity contribution in [2.75, 3.05) is 0 Å². The van der Waals surface area contributed by atoms with Gasteiger partial charge in [-0.05, 0) is 0 Å². The summed E-state index contributed by atoms with van der Waals surface area (Å²) in [6, 6.07) is 0. The molecule has 26 valence electrons. The molecule has 0 amide bonds. The van der Waals surface area contributed by atoms with E-state index in [9.17, 15) is 0 Å². The number of rotatable bonds is 0. The van der Waals surface area contributed by atoms with E-state index in [1.807, 2.05) is 0 Å². The van der Waals surface area contributed by atoms with Crippen LogP contribution in [0.15, 0.2) is 0 Å². The van der Waals surface area contributed by atoms with Gasteiger partial charge in [0.1, 0.15) is 0 Å². The maximum absolute atomic E-state index is 0. The van der Waals surface area contributed by atoms with Crippen molar-refractivity contribution in [1.29, 1.82) is 0 Å². The average molecular weight is 548 g/mol. The smallest absolute Gasteiger partial charge is 0 e. The Hall–Kier alpha value is 6.62. The molecule has 0 saturated heterocycles. The summed E-state index contributed by atoms with van der Waals surface area (Å²) in [4.78, 5) is 0. The summed E-state index contributed by atoms with van der Waals surface area (Å²) in [5.41, 5.74) is 0. The van der Waals surface area contributed by atoms with E-state index in [1.54, 1.807) is 0 Å². The molecule has 0 spiro atoms. The zero-order valence-corrected chi connectivity index (χ0v) is 21.5. The average Bonchev–Trinajstić information content (AvgIpc) is 0. The Morgan fingerprint density at radius 1 is 0.286 bits per heavy atom. The van der Waals surface area contributed by atoms with Crippen LogP contribution in [-0.2, 0) is 196 Å². The van der Waals surface area contributed by atoms with Crippen LogP contribution >= 0.6 is 0 Å². The van der Waals surface area contributed by atoms with E-state index in [2.05, 4.69) is 0 Å². The monoisotopic (exact) mass is 548 g/mol. The molecular weight excluding hydrogens is 545 g/mol. The molecule has 0 unspecified atom stereocenters. The van der Waals surface area contributed by atoms with Crippen molar-refractivity contribution in [1.82, 2.24) is 0 Å². The molecule has 0 aliphatic heterocycles. The van der Waals surface area contributed by atoms with Crippen LogP contribution in [-0.4, -0.2) is 0 Å². The largest absolute Gasteiger partial charge is 0.358 e. The van der Waals surface area contributed by atoms with Gasteiger partial charge in [0.25, 0.3) is 0 Å². The topological polar surface area (TPSA) is 0 Å². The third-order valence-corrected chi connectivity index (χ3v) is 0. The van der Waals surface area contributed by atoms with Crippen molar-refractivity contribution in [3.63, 3.8) is 0 Å². The minimum absolute atomic E-state index is 0. The van der Waals surface area contributed by atoms with Gasteiger partial charge in [0.05, 0.1) is 0 Å². The van der Waals surface area contributed by atoms with Gasteiger partial charge in [-0.15, -0.1) is 0 Å². The summed E-state index contributed by atoms with van der Waals surface area (Å²) in [7, 11) is 0. The second-order valence-corrected chi connectivity index (χ2v) is 0. The van der Waals surface area contributed by atoms with Crippen LogP contribution in [0.1, 0.15) is 0 Å². The number of hydrogen-bond acceptors (Lipinski definition) is 0. The van der Waals surface area contributed by atoms with Gasteiger partial charge in [-0.3, -0.25) is 0 Å². The quantitative estimate of drug-likeness (QED) is 0.386. The molecule has 0 fully saturated rings. The minimum atomic E-state index is 0. The fourth-order valence-electron chi connectivity index (χ4n) is 0. The van der Waals surface area contributed by atoms with Crippen LogP contribution in [0.4, 0.5) is 0 Å². The van der Waals surface area contributed by atoms with Crippen molar-refractivity contribution in [3.05, 3.63) is 7.43 Å². The maximum atomic E-state index is 0. The van der Waals surface area contributed by atoms with Crippen molar-refractivity contribution in [2.24, 2.45) is 0 Å². The molecule has 6 radical (unpaired) electrons. The molecule has 0 aromatic rings. The first kappa shape index (κ1) is 49.5. The van der Waals surface area contributed by atoms with Gasteiger partial charge < -0.3 is 7.43 Å². The first-order valence-electron chi connectivity index (χ1n) is 0. The Morgan fingerprint density at radius 2 is 0.286 bits per heavy atom. The summed E-state index contributed by atoms with van der Waals surface area (Å²) in [6.07, 6.45) is 0. The van der Waals surface area contributed by atoms with E-state index < -0.39 is 0 Å². The molecule has 0 atom stereocenters. The van der Waals surface area contributed by atoms with Gasteiger partial charge in [-0.25, -0.2) is 0 Å². The molecule has 0 heterocycles. The summed E-state index contributed by atoms with van der Waals surface area (Å²) in [5.74, 6) is 0. The summed E-state index contributed by atoms with van der Waals surface area (Å²) >= 11 is 0. The molecule has 0 aromatic carbocycles. The van der Waals surface area contributed by atoms with Crippen LogP contribution in [0, 0.1) is 7.43 Å². The molecule has 0 nitrogen and oxygen atoms in total. The van der Waals surface area contributed by atoms with E-state index in [-0.39, 0.29) is 204 Å². The summed E-state index contributed by atoms with van der Waals surface area (Å²) in [5, 5.41) is 0. The van der Waals surface area contributed by atoms with E-state index >= 15 is 0 Å². The fourth-order valence-corrected chi connectivity index (χ4v) is 0. The molecule has 0 bridgehead atoms. The second-order valence-electron chi connectivity index (χ2n) is 0. The predicted molar refractivity (Wildman–Crippen MR) is 6.41 cm³/mol. The van der Waals surface area contributed by atoms with Crippen molar-refractivity contribution < 1.29 is 196 Å². The van der Waals surface area contributed by atoms with Crippen molar-refractivity contribution in [3.8, 4) is 0 Å². The van der Waals surface area contributed by atoms with Crippen molar-refractivity contribution >= 4 is 0 Å². The molecular formula is CH3Y6-. The van der Waals surface area contributed by atoms with Crippen LogP contribution in [0.5, 0.6) is 0 Å². The van der Waals surface area contributed by atoms with Gasteiger partial charge in [0.2, 0.25) is 0 Å². The van der Waals surface area contributed by atoms with Gasteiger partial charge in [0.15, 0.2) is 0 Å². The van der Waals surface area contributed by atoms with E-state index in [4.69, 9.17) is 0 Å². The fraction of sp³-hybridized carbons (Fsp3) is 0. The maximum Gasteiger partial charge on any atom is 0 e. The second kappa shape index (κ2) is 38.9. The molecule has 0 aliphatic carbocycles. The van der Waals surface area contributed by atoms with E-state index in [0.717, 1.165) is 0 Å². The molecule has 0 saturated carbocycles. The summed E-state index contributed by atoms with van der Waals surface area (Å²) in [6.45, 7) is 0. The van der Waals surface area contributed by atoms with Crippen LogP contribution < -0.4 is 0 Å². The molecule has 7 heavy (non-hydrogen) atoms. The van der Waals surface area contributed by atoms with Crippen LogP contribution in [0.3, 0.4) is 0 Å². The minimum Gasteiger partial charge on any atom is -0.358 e. The normalized spacial score (nSPS) is 0. The van der Waals surface area contributed by atoms with Crippen LogP contribution in [0.25, 0.3) is 0 Å². The van der Waals surface area contributed by atoms with Gasteiger partial charge >= 0.3 is 0 Å². The Morgan fingerprint density at radius 3 is 0.286 bits per heavy atom. The zero-order valence-electron chi connectivity index (χ0n) is 4.46. The first-order chi connectivity index (χ1) is 0. The standard InChI is InChI=1S/CH3.6Y/h1H3;;;;;;/q-1;;;;;;. The SMILES string of the molecule is [CH3-].[Y].[Y].[Y].[Y].[Y].[Y].